The largest absolute Gasteiger partial charge is 0.339 e. The number of carbonyl (C=O) groups excluding carboxylic acids is 1. The van der Waals surface area contributed by atoms with Crippen LogP contribution in [0.25, 0.3) is 0 Å². The molecular formula is C16H24BrClN2O. The normalized spacial score (nSPS) is 15.7. The second kappa shape index (κ2) is 8.76. The van der Waals surface area contributed by atoms with Crippen LogP contribution in [0.3, 0.4) is 0 Å². The number of nitrogens with zero attached hydrogens (tertiary/aromatic N) is 1. The first-order valence-electron chi connectivity index (χ1n) is 7.38. The summed E-state index contributed by atoms with van der Waals surface area (Å²) < 4.78 is 0.900. The van der Waals surface area contributed by atoms with Gasteiger partial charge in [0.2, 0.25) is 0 Å². The van der Waals surface area contributed by atoms with Crippen LogP contribution >= 0.6 is 28.3 Å². The molecule has 0 radical (unpaired) electrons. The van der Waals surface area contributed by atoms with Crippen LogP contribution in [-0.2, 0) is 0 Å². The maximum Gasteiger partial charge on any atom is 0.254 e. The maximum absolute atomic E-state index is 12.5. The molecule has 3 nitrogen and oxygen atoms in total. The molecule has 0 spiro atoms. The Morgan fingerprint density at radius 2 is 2.05 bits per heavy atom. The minimum absolute atomic E-state index is 0. The number of rotatable bonds is 4. The highest BCUT2D eigenvalue weighted by atomic mass is 79.9. The first-order chi connectivity index (χ1) is 9.61. The molecule has 21 heavy (non-hydrogen) atoms. The SMILES string of the molecule is CCNCC1CCN(C(=O)c2ccc(C)cc2Br)CC1.Cl. The minimum atomic E-state index is 0. The van der Waals surface area contributed by atoms with Crippen molar-refractivity contribution >= 4 is 34.2 Å². The van der Waals surface area contributed by atoms with Gasteiger partial charge in [-0.1, -0.05) is 13.0 Å². The molecule has 1 N–H and O–H groups in total. The highest BCUT2D eigenvalue weighted by Gasteiger charge is 2.24. The van der Waals surface area contributed by atoms with Gasteiger partial charge in [0.25, 0.3) is 5.91 Å². The fraction of sp³-hybridized carbons (Fsp3) is 0.562. The van der Waals surface area contributed by atoms with Gasteiger partial charge in [-0.25, -0.2) is 0 Å². The van der Waals surface area contributed by atoms with E-state index in [1.807, 2.05) is 30.0 Å². The Morgan fingerprint density at radius 3 is 2.62 bits per heavy atom. The van der Waals surface area contributed by atoms with Crippen molar-refractivity contribution in [2.45, 2.75) is 26.7 Å². The third-order valence-electron chi connectivity index (χ3n) is 3.94. The average Bonchev–Trinajstić information content (AvgIpc) is 2.45. The second-order valence-electron chi connectivity index (χ2n) is 5.53. The summed E-state index contributed by atoms with van der Waals surface area (Å²) in [7, 11) is 0. The van der Waals surface area contributed by atoms with Crippen LogP contribution in [0, 0.1) is 12.8 Å². The fourth-order valence-corrected chi connectivity index (χ4v) is 3.32. The standard InChI is InChI=1S/C16H23BrN2O.ClH/c1-3-18-11-13-6-8-19(9-7-13)16(20)14-5-4-12(2)10-15(14)17;/h4-5,10,13,18H,3,6-9,11H2,1-2H3;1H. The van der Waals surface area contributed by atoms with Gasteiger partial charge >= 0.3 is 0 Å². The van der Waals surface area contributed by atoms with Gasteiger partial charge in [0, 0.05) is 17.6 Å². The van der Waals surface area contributed by atoms with E-state index in [-0.39, 0.29) is 18.3 Å². The zero-order chi connectivity index (χ0) is 14.5. The Labute approximate surface area is 142 Å². The first-order valence-corrected chi connectivity index (χ1v) is 8.17. The van der Waals surface area contributed by atoms with E-state index in [1.54, 1.807) is 0 Å². The van der Waals surface area contributed by atoms with Crippen molar-refractivity contribution in [1.82, 2.24) is 10.2 Å². The summed E-state index contributed by atoms with van der Waals surface area (Å²) in [6.07, 6.45) is 2.20. The van der Waals surface area contributed by atoms with Crippen LogP contribution in [0.2, 0.25) is 0 Å². The number of aryl methyl sites for hydroxylation is 1. The lowest BCUT2D eigenvalue weighted by Gasteiger charge is -2.32. The van der Waals surface area contributed by atoms with E-state index in [0.717, 1.165) is 54.6 Å². The van der Waals surface area contributed by atoms with E-state index in [4.69, 9.17) is 0 Å². The van der Waals surface area contributed by atoms with Crippen molar-refractivity contribution in [2.24, 2.45) is 5.92 Å². The summed E-state index contributed by atoms with van der Waals surface area (Å²) in [5.74, 6) is 0.860. The molecule has 1 aliphatic heterocycles. The van der Waals surface area contributed by atoms with Gasteiger partial charge in [0.05, 0.1) is 5.56 Å². The summed E-state index contributed by atoms with van der Waals surface area (Å²) in [5.41, 5.74) is 1.94. The van der Waals surface area contributed by atoms with Crippen LogP contribution in [0.15, 0.2) is 22.7 Å². The number of likely N-dealkylation sites (tertiary alicyclic amines) is 1. The molecule has 1 aromatic carbocycles. The Morgan fingerprint density at radius 1 is 1.38 bits per heavy atom. The number of hydrogen-bond acceptors (Lipinski definition) is 2. The van der Waals surface area contributed by atoms with E-state index in [0.29, 0.717) is 5.92 Å². The highest BCUT2D eigenvalue weighted by molar-refractivity contribution is 9.10. The van der Waals surface area contributed by atoms with Crippen molar-refractivity contribution < 1.29 is 4.79 Å². The van der Waals surface area contributed by atoms with Gasteiger partial charge in [-0.2, -0.15) is 0 Å². The third-order valence-corrected chi connectivity index (χ3v) is 4.60. The van der Waals surface area contributed by atoms with E-state index in [1.165, 1.54) is 0 Å². The summed E-state index contributed by atoms with van der Waals surface area (Å²) in [6, 6.07) is 5.92. The van der Waals surface area contributed by atoms with Crippen molar-refractivity contribution in [1.29, 1.82) is 0 Å². The Kier molecular flexibility index (Phi) is 7.71. The van der Waals surface area contributed by atoms with Gasteiger partial charge in [0.15, 0.2) is 0 Å². The molecule has 0 bridgehead atoms. The zero-order valence-corrected chi connectivity index (χ0v) is 15.1. The lowest BCUT2D eigenvalue weighted by atomic mass is 9.96. The summed E-state index contributed by atoms with van der Waals surface area (Å²) in [4.78, 5) is 14.5. The molecule has 1 aromatic rings. The number of nitrogens with one attached hydrogen (secondary N) is 1. The number of amides is 1. The molecule has 5 heteroatoms. The van der Waals surface area contributed by atoms with Crippen molar-refractivity contribution in [2.75, 3.05) is 26.2 Å². The molecule has 1 fully saturated rings. The van der Waals surface area contributed by atoms with Crippen LogP contribution < -0.4 is 5.32 Å². The van der Waals surface area contributed by atoms with Gasteiger partial charge in [0.1, 0.15) is 0 Å². The number of piperidine rings is 1. The predicted octanol–water partition coefficient (Wildman–Crippen LogP) is 3.64. The van der Waals surface area contributed by atoms with Crippen LogP contribution in [0.1, 0.15) is 35.7 Å². The maximum atomic E-state index is 12.5. The van der Waals surface area contributed by atoms with Crippen molar-refractivity contribution in [3.63, 3.8) is 0 Å². The molecule has 0 aromatic heterocycles. The monoisotopic (exact) mass is 374 g/mol. The molecule has 0 atom stereocenters. The zero-order valence-electron chi connectivity index (χ0n) is 12.7. The van der Waals surface area contributed by atoms with Gasteiger partial charge < -0.3 is 10.2 Å². The van der Waals surface area contributed by atoms with Gasteiger partial charge in [-0.05, 0) is 72.4 Å². The predicted molar refractivity (Wildman–Crippen MR) is 93.3 cm³/mol. The molecule has 1 amide bonds. The topological polar surface area (TPSA) is 32.3 Å². The number of benzene rings is 1. The van der Waals surface area contributed by atoms with Crippen molar-refractivity contribution in [3.8, 4) is 0 Å². The quantitative estimate of drug-likeness (QED) is 0.871. The Balaban J connectivity index is 0.00000220. The summed E-state index contributed by atoms with van der Waals surface area (Å²) >= 11 is 3.50. The van der Waals surface area contributed by atoms with E-state index < -0.39 is 0 Å². The lowest BCUT2D eigenvalue weighted by Crippen LogP contribution is -2.40. The van der Waals surface area contributed by atoms with Crippen LogP contribution in [0.5, 0.6) is 0 Å². The lowest BCUT2D eigenvalue weighted by molar-refractivity contribution is 0.0689. The smallest absolute Gasteiger partial charge is 0.254 e. The molecule has 1 heterocycles. The molecule has 0 aliphatic carbocycles. The van der Waals surface area contributed by atoms with Crippen LogP contribution in [-0.4, -0.2) is 37.0 Å². The molecule has 0 unspecified atom stereocenters. The minimum Gasteiger partial charge on any atom is -0.339 e. The van der Waals surface area contributed by atoms with Crippen molar-refractivity contribution in [3.05, 3.63) is 33.8 Å². The highest BCUT2D eigenvalue weighted by Crippen LogP contribution is 2.23. The Hall–Kier alpha value is -0.580. The van der Waals surface area contributed by atoms with E-state index in [9.17, 15) is 4.79 Å². The second-order valence-corrected chi connectivity index (χ2v) is 6.38. The van der Waals surface area contributed by atoms with Gasteiger partial charge in [-0.3, -0.25) is 4.79 Å². The molecule has 0 saturated carbocycles. The number of carbonyl (C=O) groups is 1. The molecule has 1 aliphatic rings. The first kappa shape index (κ1) is 18.5. The molecular weight excluding hydrogens is 352 g/mol. The molecule has 2 rings (SSSR count). The summed E-state index contributed by atoms with van der Waals surface area (Å²) in [5, 5.41) is 3.40. The van der Waals surface area contributed by atoms with E-state index >= 15 is 0 Å². The van der Waals surface area contributed by atoms with E-state index in [2.05, 4.69) is 28.2 Å². The third kappa shape index (κ3) is 4.97. The van der Waals surface area contributed by atoms with Gasteiger partial charge in [-0.15, -0.1) is 12.4 Å². The number of hydrogen-bond donors (Lipinski definition) is 1. The Bertz CT molecular complexity index is 473. The molecule has 1 saturated heterocycles. The average molecular weight is 376 g/mol. The summed E-state index contributed by atoms with van der Waals surface area (Å²) in [6.45, 7) is 8.01. The number of halogens is 2. The van der Waals surface area contributed by atoms with Crippen LogP contribution in [0.4, 0.5) is 0 Å². The fourth-order valence-electron chi connectivity index (χ4n) is 2.65. The molecule has 118 valence electrons.